The molecule has 0 spiro atoms. The predicted octanol–water partition coefficient (Wildman–Crippen LogP) is 4.42. The van der Waals surface area contributed by atoms with E-state index in [1.807, 2.05) is 0 Å². The van der Waals surface area contributed by atoms with E-state index in [4.69, 9.17) is 0 Å². The van der Waals surface area contributed by atoms with Crippen LogP contribution in [0.1, 0.15) is 37.8 Å². The summed E-state index contributed by atoms with van der Waals surface area (Å²) in [4.78, 5) is 5.26. The first-order valence-corrected chi connectivity index (χ1v) is 9.68. The van der Waals surface area contributed by atoms with Gasteiger partial charge in [0.25, 0.3) is 0 Å². The number of benzene rings is 1. The molecule has 0 aromatic heterocycles. The van der Waals surface area contributed by atoms with Crippen molar-refractivity contribution in [2.24, 2.45) is 17.3 Å². The summed E-state index contributed by atoms with van der Waals surface area (Å²) >= 11 is 0. The van der Waals surface area contributed by atoms with Crippen LogP contribution in [0.2, 0.25) is 0 Å². The molecule has 1 aliphatic heterocycles. The summed E-state index contributed by atoms with van der Waals surface area (Å²) < 4.78 is 0. The van der Waals surface area contributed by atoms with Gasteiger partial charge in [-0.2, -0.15) is 0 Å². The molecule has 2 bridgehead atoms. The molecule has 0 unspecified atom stereocenters. The fourth-order valence-electron chi connectivity index (χ4n) is 5.12. The molecule has 4 aliphatic rings. The van der Waals surface area contributed by atoms with Crippen molar-refractivity contribution >= 4 is 5.69 Å². The molecule has 1 aromatic carbocycles. The van der Waals surface area contributed by atoms with E-state index in [-0.39, 0.29) is 0 Å². The van der Waals surface area contributed by atoms with Gasteiger partial charge in [0.05, 0.1) is 0 Å². The molecule has 1 heterocycles. The van der Waals surface area contributed by atoms with Crippen molar-refractivity contribution < 1.29 is 0 Å². The lowest BCUT2D eigenvalue weighted by molar-refractivity contribution is -0.0107. The molecule has 2 nitrogen and oxygen atoms in total. The summed E-state index contributed by atoms with van der Waals surface area (Å²) in [6, 6.07) is 6.84. The lowest BCUT2D eigenvalue weighted by Crippen LogP contribution is -2.52. The van der Waals surface area contributed by atoms with Crippen LogP contribution in [0.3, 0.4) is 0 Å². The Bertz CT molecular complexity index is 650. The average Bonchev–Trinajstić information content (AvgIpc) is 2.58. The molecule has 2 heteroatoms. The van der Waals surface area contributed by atoms with Crippen LogP contribution in [-0.4, -0.2) is 37.6 Å². The van der Waals surface area contributed by atoms with Crippen molar-refractivity contribution in [3.63, 3.8) is 0 Å². The van der Waals surface area contributed by atoms with Gasteiger partial charge in [-0.3, -0.25) is 4.90 Å². The van der Waals surface area contributed by atoms with Gasteiger partial charge in [0.1, 0.15) is 0 Å². The Morgan fingerprint density at radius 2 is 1.83 bits per heavy atom. The van der Waals surface area contributed by atoms with Crippen molar-refractivity contribution in [1.29, 1.82) is 0 Å². The normalized spacial score (nSPS) is 29.2. The Kier molecular flexibility index (Phi) is 3.99. The molecule has 1 saturated heterocycles. The third-order valence-electron chi connectivity index (χ3n) is 7.07. The summed E-state index contributed by atoms with van der Waals surface area (Å²) in [5.74, 6) is 1.81. The van der Waals surface area contributed by atoms with Crippen LogP contribution in [0, 0.1) is 31.1 Å². The van der Waals surface area contributed by atoms with E-state index in [9.17, 15) is 0 Å². The highest BCUT2D eigenvalue weighted by Gasteiger charge is 2.51. The Balaban J connectivity index is 1.37. The number of rotatable bonds is 3. The SMILES string of the molecule is Cc1ccc(C)c(N2CCN(CC3=CC[C@@H]4C[C@@H]3C4(C)C)CC2)c1. The second-order valence-corrected chi connectivity index (χ2v) is 8.87. The van der Waals surface area contributed by atoms with Crippen molar-refractivity contribution in [2.45, 2.75) is 40.5 Å². The second-order valence-electron chi connectivity index (χ2n) is 8.87. The van der Waals surface area contributed by atoms with Gasteiger partial charge in [0.15, 0.2) is 0 Å². The van der Waals surface area contributed by atoms with Crippen molar-refractivity contribution in [2.75, 3.05) is 37.6 Å². The molecular formula is C22H32N2. The van der Waals surface area contributed by atoms with E-state index in [0.29, 0.717) is 5.41 Å². The highest BCUT2D eigenvalue weighted by atomic mass is 15.3. The lowest BCUT2D eigenvalue weighted by Gasteiger charge is -2.57. The maximum Gasteiger partial charge on any atom is 0.0399 e. The van der Waals surface area contributed by atoms with E-state index in [2.05, 4.69) is 61.8 Å². The van der Waals surface area contributed by atoms with Gasteiger partial charge in [-0.25, -0.2) is 0 Å². The molecule has 5 rings (SSSR count). The zero-order valence-corrected chi connectivity index (χ0v) is 15.8. The molecule has 0 N–H and O–H groups in total. The number of allylic oxidation sites excluding steroid dienone is 1. The fraction of sp³-hybridized carbons (Fsp3) is 0.636. The van der Waals surface area contributed by atoms with Crippen molar-refractivity contribution in [1.82, 2.24) is 4.90 Å². The van der Waals surface area contributed by atoms with Gasteiger partial charge in [-0.05, 0) is 61.1 Å². The summed E-state index contributed by atoms with van der Waals surface area (Å²) in [7, 11) is 0. The van der Waals surface area contributed by atoms with Gasteiger partial charge in [0.2, 0.25) is 0 Å². The minimum atomic E-state index is 0.560. The van der Waals surface area contributed by atoms with E-state index < -0.39 is 0 Å². The Morgan fingerprint density at radius 1 is 1.08 bits per heavy atom. The molecule has 2 fully saturated rings. The second kappa shape index (κ2) is 5.91. The number of hydrogen-bond acceptors (Lipinski definition) is 2. The average molecular weight is 325 g/mol. The monoisotopic (exact) mass is 324 g/mol. The number of aryl methyl sites for hydroxylation is 2. The Labute approximate surface area is 147 Å². The molecular weight excluding hydrogens is 292 g/mol. The van der Waals surface area contributed by atoms with Crippen LogP contribution in [-0.2, 0) is 0 Å². The highest BCUT2D eigenvalue weighted by molar-refractivity contribution is 5.55. The number of nitrogens with zero attached hydrogens (tertiary/aromatic N) is 2. The summed E-state index contributed by atoms with van der Waals surface area (Å²) in [5.41, 5.74) is 6.51. The number of anilines is 1. The largest absolute Gasteiger partial charge is 0.369 e. The first-order valence-electron chi connectivity index (χ1n) is 9.68. The van der Waals surface area contributed by atoms with Crippen LogP contribution in [0.25, 0.3) is 0 Å². The smallest absolute Gasteiger partial charge is 0.0399 e. The van der Waals surface area contributed by atoms with Crippen LogP contribution in [0.5, 0.6) is 0 Å². The van der Waals surface area contributed by atoms with Crippen LogP contribution >= 0.6 is 0 Å². The topological polar surface area (TPSA) is 6.48 Å². The van der Waals surface area contributed by atoms with Gasteiger partial charge in [-0.15, -0.1) is 0 Å². The van der Waals surface area contributed by atoms with Gasteiger partial charge in [-0.1, -0.05) is 37.6 Å². The zero-order valence-electron chi connectivity index (χ0n) is 15.8. The third kappa shape index (κ3) is 2.69. The first-order chi connectivity index (χ1) is 11.4. The van der Waals surface area contributed by atoms with Gasteiger partial charge >= 0.3 is 0 Å². The van der Waals surface area contributed by atoms with E-state index in [1.165, 1.54) is 49.3 Å². The number of piperazine rings is 1. The fourth-order valence-corrected chi connectivity index (χ4v) is 5.12. The van der Waals surface area contributed by atoms with Gasteiger partial charge in [0, 0.05) is 38.4 Å². The van der Waals surface area contributed by atoms with Crippen LogP contribution in [0.4, 0.5) is 5.69 Å². The number of fused-ring (bicyclic) bond motifs is 1. The molecule has 2 atom stereocenters. The first kappa shape index (κ1) is 16.2. The third-order valence-corrected chi connectivity index (χ3v) is 7.07. The summed E-state index contributed by atoms with van der Waals surface area (Å²) in [5, 5.41) is 0. The minimum absolute atomic E-state index is 0.560. The highest BCUT2D eigenvalue weighted by Crippen LogP contribution is 2.59. The molecule has 1 saturated carbocycles. The quantitative estimate of drug-likeness (QED) is 0.760. The molecule has 24 heavy (non-hydrogen) atoms. The number of hydrogen-bond donors (Lipinski definition) is 0. The van der Waals surface area contributed by atoms with Crippen molar-refractivity contribution in [3.8, 4) is 0 Å². The maximum absolute atomic E-state index is 2.68. The van der Waals surface area contributed by atoms with E-state index >= 15 is 0 Å². The summed E-state index contributed by atoms with van der Waals surface area (Å²) in [6.07, 6.45) is 5.34. The zero-order chi connectivity index (χ0) is 16.9. The predicted molar refractivity (Wildman–Crippen MR) is 103 cm³/mol. The Hall–Kier alpha value is -1.28. The Morgan fingerprint density at radius 3 is 2.50 bits per heavy atom. The van der Waals surface area contributed by atoms with Gasteiger partial charge < -0.3 is 4.90 Å². The lowest BCUT2D eigenvalue weighted by atomic mass is 9.49. The van der Waals surface area contributed by atoms with Crippen LogP contribution < -0.4 is 4.90 Å². The molecule has 130 valence electrons. The summed E-state index contributed by atoms with van der Waals surface area (Å²) in [6.45, 7) is 15.3. The molecule has 1 aromatic rings. The molecule has 0 radical (unpaired) electrons. The minimum Gasteiger partial charge on any atom is -0.369 e. The molecule has 3 aliphatic carbocycles. The van der Waals surface area contributed by atoms with Crippen LogP contribution in [0.15, 0.2) is 29.8 Å². The van der Waals surface area contributed by atoms with Crippen molar-refractivity contribution in [3.05, 3.63) is 41.0 Å². The van der Waals surface area contributed by atoms with E-state index in [0.717, 1.165) is 24.9 Å². The maximum atomic E-state index is 2.68. The molecule has 0 amide bonds. The standard InChI is InChI=1S/C22H32N2/c1-16-5-6-17(2)21(13-16)24-11-9-23(10-12-24)15-18-7-8-19-14-20(18)22(19,3)4/h5-7,13,19-20H,8-12,14-15H2,1-4H3/t19-,20+/m1/s1. The van der Waals surface area contributed by atoms with E-state index in [1.54, 1.807) is 5.57 Å².